The maximum Gasteiger partial charge on any atom is 0.418 e. The van der Waals surface area contributed by atoms with Crippen LogP contribution in [0.1, 0.15) is 18.4 Å². The van der Waals surface area contributed by atoms with Crippen LogP contribution in [-0.4, -0.2) is 34.6 Å². The lowest BCUT2D eigenvalue weighted by Crippen LogP contribution is -2.35. The van der Waals surface area contributed by atoms with Gasteiger partial charge in [-0.3, -0.25) is 4.57 Å². The summed E-state index contributed by atoms with van der Waals surface area (Å²) in [5.74, 6) is 0.282. The van der Waals surface area contributed by atoms with E-state index in [1.54, 1.807) is 6.07 Å². The van der Waals surface area contributed by atoms with E-state index in [0.717, 1.165) is 32.0 Å². The van der Waals surface area contributed by atoms with E-state index in [0.29, 0.717) is 12.1 Å². The number of fused-ring (bicyclic) bond motifs is 1. The molecule has 1 aliphatic heterocycles. The molecule has 7 heteroatoms. The molecule has 3 rings (SSSR count). The molecule has 120 valence electrons. The van der Waals surface area contributed by atoms with Gasteiger partial charge < -0.3 is 9.88 Å². The third-order valence-corrected chi connectivity index (χ3v) is 4.28. The Kier molecular flexibility index (Phi) is 3.76. The first-order chi connectivity index (χ1) is 10.4. The molecule has 1 aliphatic rings. The number of para-hydroxylation sites is 1. The fraction of sp³-hybridized carbons (Fsp3) is 0.533. The lowest BCUT2D eigenvalue weighted by Gasteiger charge is -2.29. The summed E-state index contributed by atoms with van der Waals surface area (Å²) in [6.45, 7) is 2.33. The van der Waals surface area contributed by atoms with Gasteiger partial charge in [0.1, 0.15) is 0 Å². The van der Waals surface area contributed by atoms with Gasteiger partial charge >= 0.3 is 11.9 Å². The molecule has 1 aromatic heterocycles. The first kappa shape index (κ1) is 15.1. The third-order valence-electron chi connectivity index (χ3n) is 4.28. The van der Waals surface area contributed by atoms with Crippen molar-refractivity contribution >= 4 is 11.0 Å². The Morgan fingerprint density at radius 2 is 2.14 bits per heavy atom. The number of halogens is 3. The van der Waals surface area contributed by atoms with Gasteiger partial charge in [-0.1, -0.05) is 6.07 Å². The molecule has 22 heavy (non-hydrogen) atoms. The first-order valence-electron chi connectivity index (χ1n) is 7.33. The molecule has 1 N–H and O–H groups in total. The molecule has 2 heterocycles. The Balaban J connectivity index is 2.00. The number of aromatic amines is 1. The van der Waals surface area contributed by atoms with Crippen LogP contribution in [0, 0.1) is 5.92 Å². The van der Waals surface area contributed by atoms with Gasteiger partial charge in [-0.15, -0.1) is 0 Å². The zero-order valence-corrected chi connectivity index (χ0v) is 12.3. The molecule has 0 spiro atoms. The summed E-state index contributed by atoms with van der Waals surface area (Å²) in [7, 11) is 2.02. The lowest BCUT2D eigenvalue weighted by atomic mass is 9.98. The van der Waals surface area contributed by atoms with Gasteiger partial charge in [0.15, 0.2) is 0 Å². The minimum Gasteiger partial charge on any atom is -0.306 e. The minimum absolute atomic E-state index is 0.121. The van der Waals surface area contributed by atoms with Crippen LogP contribution < -0.4 is 5.69 Å². The van der Waals surface area contributed by atoms with Gasteiger partial charge in [-0.25, -0.2) is 4.79 Å². The monoisotopic (exact) mass is 313 g/mol. The van der Waals surface area contributed by atoms with E-state index in [9.17, 15) is 18.0 Å². The summed E-state index contributed by atoms with van der Waals surface area (Å²) in [4.78, 5) is 16.7. The number of hydrogen-bond donors (Lipinski definition) is 1. The molecule has 2 aromatic rings. The van der Waals surface area contributed by atoms with Crippen molar-refractivity contribution < 1.29 is 13.2 Å². The second-order valence-corrected chi connectivity index (χ2v) is 6.01. The molecular weight excluding hydrogens is 295 g/mol. The summed E-state index contributed by atoms with van der Waals surface area (Å²) in [6, 6.07) is 3.91. The van der Waals surface area contributed by atoms with Gasteiger partial charge in [0, 0.05) is 13.1 Å². The maximum absolute atomic E-state index is 13.0. The van der Waals surface area contributed by atoms with Crippen LogP contribution in [0.4, 0.5) is 13.2 Å². The molecule has 1 fully saturated rings. The van der Waals surface area contributed by atoms with Crippen LogP contribution in [0.25, 0.3) is 11.0 Å². The van der Waals surface area contributed by atoms with E-state index in [-0.39, 0.29) is 11.4 Å². The second-order valence-electron chi connectivity index (χ2n) is 6.01. The molecule has 0 amide bonds. The third kappa shape index (κ3) is 2.77. The fourth-order valence-electron chi connectivity index (χ4n) is 3.28. The highest BCUT2D eigenvalue weighted by molar-refractivity contribution is 5.79. The highest BCUT2D eigenvalue weighted by atomic mass is 19.4. The molecule has 1 aromatic carbocycles. The second kappa shape index (κ2) is 5.46. The van der Waals surface area contributed by atoms with Crippen LogP contribution in [0.5, 0.6) is 0 Å². The summed E-state index contributed by atoms with van der Waals surface area (Å²) >= 11 is 0. The molecule has 0 bridgehead atoms. The Morgan fingerprint density at radius 1 is 1.36 bits per heavy atom. The first-order valence-corrected chi connectivity index (χ1v) is 7.33. The number of nitrogens with zero attached hydrogens (tertiary/aromatic N) is 2. The zero-order valence-electron chi connectivity index (χ0n) is 12.3. The standard InChI is InChI=1S/C15H18F3N3O/c1-20-7-3-4-10(8-20)9-21-12-6-2-5-11(15(16,17)18)13(12)19-14(21)22/h2,5-6,10H,3-4,7-9H2,1H3,(H,19,22). The van der Waals surface area contributed by atoms with Crippen molar-refractivity contribution in [1.29, 1.82) is 0 Å². The van der Waals surface area contributed by atoms with Gasteiger partial charge in [0.2, 0.25) is 0 Å². The molecule has 1 unspecified atom stereocenters. The lowest BCUT2D eigenvalue weighted by molar-refractivity contribution is -0.136. The number of imidazole rings is 1. The largest absolute Gasteiger partial charge is 0.418 e. The van der Waals surface area contributed by atoms with Gasteiger partial charge in [-0.05, 0) is 44.5 Å². The Morgan fingerprint density at radius 3 is 2.82 bits per heavy atom. The number of nitrogens with one attached hydrogen (secondary N) is 1. The Hall–Kier alpha value is -1.76. The number of likely N-dealkylation sites (tertiary alicyclic amines) is 1. The van der Waals surface area contributed by atoms with Gasteiger partial charge in [0.05, 0.1) is 16.6 Å². The topological polar surface area (TPSA) is 41.0 Å². The number of aromatic nitrogens is 2. The molecular formula is C15H18F3N3O. The Labute approximate surface area is 125 Å². The van der Waals surface area contributed by atoms with Crippen molar-refractivity contribution in [3.05, 3.63) is 34.2 Å². The molecule has 4 nitrogen and oxygen atoms in total. The molecule has 0 radical (unpaired) electrons. The highest BCUT2D eigenvalue weighted by Gasteiger charge is 2.34. The summed E-state index contributed by atoms with van der Waals surface area (Å²) in [5, 5.41) is 0. The molecule has 1 atom stereocenters. The van der Waals surface area contributed by atoms with E-state index < -0.39 is 17.4 Å². The Bertz CT molecular complexity index is 732. The van der Waals surface area contributed by atoms with Gasteiger partial charge in [0.25, 0.3) is 0 Å². The van der Waals surface area contributed by atoms with Crippen molar-refractivity contribution in [1.82, 2.24) is 14.5 Å². The summed E-state index contributed by atoms with van der Waals surface area (Å²) < 4.78 is 40.5. The average Bonchev–Trinajstić information content (AvgIpc) is 2.74. The predicted molar refractivity (Wildman–Crippen MR) is 77.8 cm³/mol. The number of piperidine rings is 1. The smallest absolute Gasteiger partial charge is 0.306 e. The van der Waals surface area contributed by atoms with E-state index in [4.69, 9.17) is 0 Å². The minimum atomic E-state index is -4.47. The molecule has 0 aliphatic carbocycles. The van der Waals surface area contributed by atoms with Crippen LogP contribution >= 0.6 is 0 Å². The van der Waals surface area contributed by atoms with Crippen LogP contribution in [0.2, 0.25) is 0 Å². The van der Waals surface area contributed by atoms with E-state index in [1.165, 1.54) is 10.6 Å². The van der Waals surface area contributed by atoms with Gasteiger partial charge in [-0.2, -0.15) is 13.2 Å². The predicted octanol–water partition coefficient (Wildman–Crippen LogP) is 2.69. The molecule has 1 saturated heterocycles. The fourth-order valence-corrected chi connectivity index (χ4v) is 3.28. The average molecular weight is 313 g/mol. The van der Waals surface area contributed by atoms with Crippen molar-refractivity contribution in [3.63, 3.8) is 0 Å². The highest BCUT2D eigenvalue weighted by Crippen LogP contribution is 2.33. The zero-order chi connectivity index (χ0) is 15.9. The summed E-state index contributed by atoms with van der Waals surface area (Å²) in [5.41, 5.74) is -1.06. The van der Waals surface area contributed by atoms with Crippen LogP contribution in [0.3, 0.4) is 0 Å². The normalized spacial score (nSPS) is 20.6. The van der Waals surface area contributed by atoms with Crippen LogP contribution in [-0.2, 0) is 12.7 Å². The SMILES string of the molecule is CN1CCCC(Cn2c(=O)[nH]c3c(C(F)(F)F)cccc32)C1. The van der Waals surface area contributed by atoms with Crippen LogP contribution in [0.15, 0.2) is 23.0 Å². The maximum atomic E-state index is 13.0. The van der Waals surface area contributed by atoms with E-state index in [2.05, 4.69) is 9.88 Å². The van der Waals surface area contributed by atoms with E-state index in [1.807, 2.05) is 7.05 Å². The van der Waals surface area contributed by atoms with E-state index >= 15 is 0 Å². The quantitative estimate of drug-likeness (QED) is 0.926. The number of H-pyrrole nitrogens is 1. The van der Waals surface area contributed by atoms with Crippen molar-refractivity contribution in [2.24, 2.45) is 5.92 Å². The van der Waals surface area contributed by atoms with Crippen molar-refractivity contribution in [3.8, 4) is 0 Å². The molecule has 0 saturated carbocycles. The summed E-state index contributed by atoms with van der Waals surface area (Å²) in [6.07, 6.45) is -2.44. The number of rotatable bonds is 2. The number of alkyl halides is 3. The van der Waals surface area contributed by atoms with Crippen molar-refractivity contribution in [2.75, 3.05) is 20.1 Å². The number of hydrogen-bond acceptors (Lipinski definition) is 2. The number of benzene rings is 1. The van der Waals surface area contributed by atoms with Crippen molar-refractivity contribution in [2.45, 2.75) is 25.6 Å².